The highest BCUT2D eigenvalue weighted by atomic mass is 32.2. The van der Waals surface area contributed by atoms with Crippen LogP contribution < -0.4 is 4.74 Å². The van der Waals surface area contributed by atoms with E-state index in [1.807, 2.05) is 25.1 Å². The van der Waals surface area contributed by atoms with Gasteiger partial charge in [-0.3, -0.25) is 4.79 Å². The third-order valence-corrected chi connectivity index (χ3v) is 6.74. The van der Waals surface area contributed by atoms with Gasteiger partial charge in [-0.15, -0.1) is 10.2 Å². The maximum absolute atomic E-state index is 12.6. The third-order valence-electron chi connectivity index (χ3n) is 4.51. The van der Waals surface area contributed by atoms with Crippen LogP contribution >= 0.6 is 0 Å². The lowest BCUT2D eigenvalue weighted by molar-refractivity contribution is -0.134. The molecule has 1 aliphatic heterocycles. The number of benzene rings is 1. The van der Waals surface area contributed by atoms with E-state index in [9.17, 15) is 13.2 Å². The fourth-order valence-electron chi connectivity index (χ4n) is 3.04. The third kappa shape index (κ3) is 3.87. The van der Waals surface area contributed by atoms with Crippen molar-refractivity contribution in [1.29, 1.82) is 0 Å². The molecule has 0 radical (unpaired) electrons. The Kier molecular flexibility index (Phi) is 5.26. The highest BCUT2D eigenvalue weighted by Crippen LogP contribution is 2.23. The minimum absolute atomic E-state index is 0.0231. The smallest absolute Gasteiger partial charge is 0.260 e. The molecule has 0 aliphatic carbocycles. The van der Waals surface area contributed by atoms with Crippen molar-refractivity contribution in [3.05, 3.63) is 36.2 Å². The maximum Gasteiger partial charge on any atom is 0.260 e. The number of likely N-dealkylation sites (tertiary alicyclic amines) is 1. The van der Waals surface area contributed by atoms with E-state index in [0.29, 0.717) is 31.7 Å². The summed E-state index contributed by atoms with van der Waals surface area (Å²) in [5, 5.41) is 6.78. The standard InChI is InChI=1S/C17H22N4O4S/c1-13-4-3-5-14(10-13)25-11-16(22)21-8-6-15(7-9-21)26(23,24)17-19-18-12-20(17)2/h3-5,10,12,15H,6-9,11H2,1-2H3. The van der Waals surface area contributed by atoms with Crippen LogP contribution in [-0.2, 0) is 21.7 Å². The van der Waals surface area contributed by atoms with Crippen LogP contribution in [0.2, 0.25) is 0 Å². The normalized spacial score (nSPS) is 15.8. The van der Waals surface area contributed by atoms with E-state index >= 15 is 0 Å². The van der Waals surface area contributed by atoms with E-state index in [1.54, 1.807) is 18.0 Å². The summed E-state index contributed by atoms with van der Waals surface area (Å²) in [5.74, 6) is 0.513. The summed E-state index contributed by atoms with van der Waals surface area (Å²) in [7, 11) is -1.93. The molecule has 8 nitrogen and oxygen atoms in total. The summed E-state index contributed by atoms with van der Waals surface area (Å²) in [6, 6.07) is 7.50. The summed E-state index contributed by atoms with van der Waals surface area (Å²) in [5.41, 5.74) is 1.06. The molecule has 1 saturated heterocycles. The van der Waals surface area contributed by atoms with Crippen molar-refractivity contribution in [3.8, 4) is 5.75 Å². The molecule has 0 saturated carbocycles. The molecule has 0 unspecified atom stereocenters. The molecule has 0 spiro atoms. The number of carbonyl (C=O) groups excluding carboxylic acids is 1. The van der Waals surface area contributed by atoms with Crippen molar-refractivity contribution in [3.63, 3.8) is 0 Å². The van der Waals surface area contributed by atoms with Crippen LogP contribution in [0, 0.1) is 6.92 Å². The number of rotatable bonds is 5. The molecule has 1 fully saturated rings. The largest absolute Gasteiger partial charge is 0.484 e. The van der Waals surface area contributed by atoms with Crippen LogP contribution in [0.5, 0.6) is 5.75 Å². The lowest BCUT2D eigenvalue weighted by atomic mass is 10.1. The highest BCUT2D eigenvalue weighted by Gasteiger charge is 2.35. The van der Waals surface area contributed by atoms with Crippen molar-refractivity contribution in [2.45, 2.75) is 30.2 Å². The SMILES string of the molecule is Cc1cccc(OCC(=O)N2CCC(S(=O)(=O)c3nncn3C)CC2)c1. The summed E-state index contributed by atoms with van der Waals surface area (Å²) in [4.78, 5) is 14.0. The number of hydrogen-bond acceptors (Lipinski definition) is 6. The van der Waals surface area contributed by atoms with E-state index < -0.39 is 15.1 Å². The van der Waals surface area contributed by atoms with Gasteiger partial charge in [-0.2, -0.15) is 0 Å². The molecule has 1 aromatic carbocycles. The van der Waals surface area contributed by atoms with Gasteiger partial charge in [0.05, 0.1) is 5.25 Å². The van der Waals surface area contributed by atoms with Gasteiger partial charge in [0, 0.05) is 20.1 Å². The number of sulfone groups is 1. The topological polar surface area (TPSA) is 94.4 Å². The van der Waals surface area contributed by atoms with Gasteiger partial charge < -0.3 is 14.2 Å². The molecular formula is C17H22N4O4S. The second-order valence-electron chi connectivity index (χ2n) is 6.45. The molecular weight excluding hydrogens is 356 g/mol. The quantitative estimate of drug-likeness (QED) is 0.769. The molecule has 2 aromatic rings. The van der Waals surface area contributed by atoms with Crippen molar-refractivity contribution in [1.82, 2.24) is 19.7 Å². The Balaban J connectivity index is 1.55. The predicted molar refractivity (Wildman–Crippen MR) is 94.5 cm³/mol. The minimum Gasteiger partial charge on any atom is -0.484 e. The number of ether oxygens (including phenoxy) is 1. The zero-order chi connectivity index (χ0) is 18.7. The van der Waals surface area contributed by atoms with Gasteiger partial charge in [0.25, 0.3) is 5.91 Å². The van der Waals surface area contributed by atoms with Gasteiger partial charge >= 0.3 is 0 Å². The zero-order valence-electron chi connectivity index (χ0n) is 14.8. The minimum atomic E-state index is -3.54. The molecule has 1 aliphatic rings. The first-order valence-corrected chi connectivity index (χ1v) is 9.97. The highest BCUT2D eigenvalue weighted by molar-refractivity contribution is 7.91. The fraction of sp³-hybridized carbons (Fsp3) is 0.471. The Morgan fingerprint density at radius 3 is 2.65 bits per heavy atom. The van der Waals surface area contributed by atoms with E-state index in [1.165, 1.54) is 10.9 Å². The van der Waals surface area contributed by atoms with Gasteiger partial charge in [0.2, 0.25) is 15.0 Å². The van der Waals surface area contributed by atoms with Crippen LogP contribution in [0.3, 0.4) is 0 Å². The van der Waals surface area contributed by atoms with Gasteiger partial charge in [0.15, 0.2) is 6.61 Å². The molecule has 9 heteroatoms. The van der Waals surface area contributed by atoms with E-state index in [0.717, 1.165) is 5.56 Å². The van der Waals surface area contributed by atoms with Crippen molar-refractivity contribution in [2.24, 2.45) is 7.05 Å². The molecule has 0 bridgehead atoms. The molecule has 2 heterocycles. The zero-order valence-corrected chi connectivity index (χ0v) is 15.6. The van der Waals surface area contributed by atoms with E-state index in [2.05, 4.69) is 10.2 Å². The summed E-state index contributed by atoms with van der Waals surface area (Å²) >= 11 is 0. The molecule has 26 heavy (non-hydrogen) atoms. The van der Waals surface area contributed by atoms with Crippen LogP contribution in [0.1, 0.15) is 18.4 Å². The lowest BCUT2D eigenvalue weighted by Gasteiger charge is -2.31. The number of aromatic nitrogens is 3. The molecule has 1 amide bonds. The average molecular weight is 378 g/mol. The molecule has 0 N–H and O–H groups in total. The van der Waals surface area contributed by atoms with Gasteiger partial charge in [-0.1, -0.05) is 12.1 Å². The number of piperidine rings is 1. The number of amides is 1. The Morgan fingerprint density at radius 2 is 2.04 bits per heavy atom. The maximum atomic E-state index is 12.6. The monoisotopic (exact) mass is 378 g/mol. The predicted octanol–water partition coefficient (Wildman–Crippen LogP) is 0.967. The Hall–Kier alpha value is -2.42. The van der Waals surface area contributed by atoms with Crippen molar-refractivity contribution < 1.29 is 17.9 Å². The number of nitrogens with zero attached hydrogens (tertiary/aromatic N) is 4. The summed E-state index contributed by atoms with van der Waals surface area (Å²) < 4.78 is 32.2. The Bertz CT molecular complexity index is 886. The number of aryl methyl sites for hydroxylation is 2. The van der Waals surface area contributed by atoms with Gasteiger partial charge in [0.1, 0.15) is 12.1 Å². The first kappa shape index (κ1) is 18.4. The molecule has 3 rings (SSSR count). The molecule has 0 atom stereocenters. The lowest BCUT2D eigenvalue weighted by Crippen LogP contribution is -2.44. The van der Waals surface area contributed by atoms with Crippen molar-refractivity contribution in [2.75, 3.05) is 19.7 Å². The second kappa shape index (κ2) is 7.45. The van der Waals surface area contributed by atoms with Crippen LogP contribution in [0.4, 0.5) is 0 Å². The van der Waals surface area contributed by atoms with Gasteiger partial charge in [-0.05, 0) is 37.5 Å². The number of carbonyl (C=O) groups is 1. The number of hydrogen-bond donors (Lipinski definition) is 0. The Labute approximate surface area is 152 Å². The molecule has 140 valence electrons. The van der Waals surface area contributed by atoms with E-state index in [-0.39, 0.29) is 17.7 Å². The van der Waals surface area contributed by atoms with E-state index in [4.69, 9.17) is 4.74 Å². The molecule has 1 aromatic heterocycles. The first-order chi connectivity index (χ1) is 12.4. The average Bonchev–Trinajstić information content (AvgIpc) is 3.07. The first-order valence-electron chi connectivity index (χ1n) is 8.43. The summed E-state index contributed by atoms with van der Waals surface area (Å²) in [6.45, 7) is 2.68. The van der Waals surface area contributed by atoms with Crippen molar-refractivity contribution >= 4 is 15.7 Å². The fourth-order valence-corrected chi connectivity index (χ4v) is 4.78. The van der Waals surface area contributed by atoms with Crippen LogP contribution in [0.25, 0.3) is 0 Å². The second-order valence-corrected chi connectivity index (χ2v) is 8.58. The summed E-state index contributed by atoms with van der Waals surface area (Å²) in [6.07, 6.45) is 2.13. The van der Waals surface area contributed by atoms with Crippen LogP contribution in [0.15, 0.2) is 35.7 Å². The Morgan fingerprint density at radius 1 is 1.31 bits per heavy atom. The van der Waals surface area contributed by atoms with Gasteiger partial charge in [-0.25, -0.2) is 8.42 Å². The van der Waals surface area contributed by atoms with Crippen LogP contribution in [-0.4, -0.2) is 58.9 Å².